The number of aromatic nitrogens is 2. The Morgan fingerprint density at radius 1 is 1.46 bits per heavy atom. The zero-order valence-electron chi connectivity index (χ0n) is 15.4. The number of anilines is 1. The third-order valence-electron chi connectivity index (χ3n) is 3.67. The van der Waals surface area contributed by atoms with Crippen LogP contribution >= 0.6 is 11.8 Å². The molecule has 0 aliphatic carbocycles. The van der Waals surface area contributed by atoms with Crippen LogP contribution in [0.1, 0.15) is 39.3 Å². The Balaban J connectivity index is 2.07. The molecule has 1 aromatic heterocycles. The average Bonchev–Trinajstić information content (AvgIpc) is 3.10. The Labute approximate surface area is 157 Å². The lowest BCUT2D eigenvalue weighted by Crippen LogP contribution is -2.20. The number of methoxy groups -OCH3 is 1. The van der Waals surface area contributed by atoms with Gasteiger partial charge in [-0.05, 0) is 17.9 Å². The number of carbonyl (C=O) groups excluding carboxylic acids is 1. The van der Waals surface area contributed by atoms with Crippen molar-refractivity contribution >= 4 is 29.3 Å². The number of nitrogens with one attached hydrogen (secondary N) is 2. The van der Waals surface area contributed by atoms with Crippen LogP contribution in [0, 0.1) is 16.7 Å². The van der Waals surface area contributed by atoms with Crippen molar-refractivity contribution in [3.8, 4) is 6.07 Å². The third-order valence-corrected chi connectivity index (χ3v) is 4.57. The van der Waals surface area contributed by atoms with Crippen LogP contribution in [-0.2, 0) is 9.53 Å². The number of nitriles is 1. The van der Waals surface area contributed by atoms with E-state index < -0.39 is 0 Å². The molecule has 8 heteroatoms. The van der Waals surface area contributed by atoms with Crippen molar-refractivity contribution in [1.29, 1.82) is 5.26 Å². The number of hydrogen-bond donors (Lipinski definition) is 2. The second-order valence-corrected chi connectivity index (χ2v) is 7.59. The largest absolute Gasteiger partial charge is 0.469 e. The number of rotatable bonds is 6. The third kappa shape index (κ3) is 5.23. The second-order valence-electron chi connectivity index (χ2n) is 6.71. The SMILES string of the molecule is COC(=O)CCCNc1nccc(C(C#N)=C2NC(C(C)(C)C)=CS2)n1. The molecule has 138 valence electrons. The molecule has 1 aromatic rings. The van der Waals surface area contributed by atoms with Gasteiger partial charge in [-0.25, -0.2) is 9.97 Å². The molecular weight excluding hydrogens is 350 g/mol. The summed E-state index contributed by atoms with van der Waals surface area (Å²) < 4.78 is 4.60. The lowest BCUT2D eigenvalue weighted by molar-refractivity contribution is -0.140. The Kier molecular flexibility index (Phi) is 6.64. The molecule has 0 unspecified atom stereocenters. The van der Waals surface area contributed by atoms with E-state index in [2.05, 4.69) is 52.2 Å². The van der Waals surface area contributed by atoms with Crippen molar-refractivity contribution in [2.45, 2.75) is 33.6 Å². The second kappa shape index (κ2) is 8.72. The van der Waals surface area contributed by atoms with Crippen molar-refractivity contribution in [2.75, 3.05) is 19.0 Å². The molecule has 2 heterocycles. The van der Waals surface area contributed by atoms with E-state index in [1.165, 1.54) is 18.9 Å². The Morgan fingerprint density at radius 2 is 2.23 bits per heavy atom. The number of thioether (sulfide) groups is 1. The molecule has 0 aromatic carbocycles. The fourth-order valence-corrected chi connectivity index (χ4v) is 3.21. The molecule has 0 fully saturated rings. The molecule has 0 spiro atoms. The molecule has 0 saturated carbocycles. The van der Waals surface area contributed by atoms with Crippen LogP contribution in [0.2, 0.25) is 0 Å². The first-order valence-electron chi connectivity index (χ1n) is 8.28. The van der Waals surface area contributed by atoms with Gasteiger partial charge in [-0.15, -0.1) is 0 Å². The Bertz CT molecular complexity index is 775. The first-order valence-corrected chi connectivity index (χ1v) is 9.16. The Hall–Kier alpha value is -2.53. The molecule has 0 atom stereocenters. The minimum absolute atomic E-state index is 0.0205. The molecule has 0 bridgehead atoms. The zero-order chi connectivity index (χ0) is 19.2. The summed E-state index contributed by atoms with van der Waals surface area (Å²) in [5.74, 6) is 0.178. The number of allylic oxidation sites excluding steroid dienone is 2. The highest BCUT2D eigenvalue weighted by Crippen LogP contribution is 2.37. The van der Waals surface area contributed by atoms with E-state index in [4.69, 9.17) is 0 Å². The standard InChI is InChI=1S/C18H23N5O2S/c1-18(2,3)14-11-26-16(23-14)12(10-19)13-7-9-21-17(22-13)20-8-5-6-15(24)25-4/h7,9,11,23H,5-6,8H2,1-4H3,(H,20,21,22). The van der Waals surface area contributed by atoms with Gasteiger partial charge in [0.1, 0.15) is 11.6 Å². The van der Waals surface area contributed by atoms with Gasteiger partial charge in [0, 0.05) is 30.3 Å². The quantitative estimate of drug-likeness (QED) is 0.445. The Morgan fingerprint density at radius 3 is 2.85 bits per heavy atom. The first kappa shape index (κ1) is 19.8. The number of nitrogens with zero attached hydrogens (tertiary/aromatic N) is 3. The van der Waals surface area contributed by atoms with Crippen LogP contribution in [-0.4, -0.2) is 29.6 Å². The summed E-state index contributed by atoms with van der Waals surface area (Å²) in [6, 6.07) is 3.94. The maximum atomic E-state index is 11.1. The molecule has 0 saturated heterocycles. The van der Waals surface area contributed by atoms with Crippen LogP contribution < -0.4 is 10.6 Å². The van der Waals surface area contributed by atoms with E-state index in [1.807, 2.05) is 5.41 Å². The van der Waals surface area contributed by atoms with Crippen LogP contribution in [0.25, 0.3) is 5.57 Å². The van der Waals surface area contributed by atoms with Crippen LogP contribution in [0.3, 0.4) is 0 Å². The molecule has 2 N–H and O–H groups in total. The first-order chi connectivity index (χ1) is 12.3. The van der Waals surface area contributed by atoms with Crippen molar-refractivity contribution in [1.82, 2.24) is 15.3 Å². The average molecular weight is 373 g/mol. The number of carbonyl (C=O) groups is 1. The minimum atomic E-state index is -0.246. The predicted molar refractivity (Wildman–Crippen MR) is 103 cm³/mol. The van der Waals surface area contributed by atoms with Gasteiger partial charge in [-0.1, -0.05) is 32.5 Å². The van der Waals surface area contributed by atoms with E-state index in [-0.39, 0.29) is 11.4 Å². The van der Waals surface area contributed by atoms with Gasteiger partial charge in [0.15, 0.2) is 0 Å². The van der Waals surface area contributed by atoms with Crippen LogP contribution in [0.5, 0.6) is 0 Å². The lowest BCUT2D eigenvalue weighted by Gasteiger charge is -2.20. The summed E-state index contributed by atoms with van der Waals surface area (Å²) in [5.41, 5.74) is 2.08. The van der Waals surface area contributed by atoms with Crippen LogP contribution in [0.4, 0.5) is 5.95 Å². The topological polar surface area (TPSA) is 99.9 Å². The molecule has 1 aliphatic heterocycles. The molecular formula is C18H23N5O2S. The van der Waals surface area contributed by atoms with Gasteiger partial charge >= 0.3 is 5.97 Å². The molecule has 1 aliphatic rings. The maximum absolute atomic E-state index is 11.1. The van der Waals surface area contributed by atoms with Crippen molar-refractivity contribution in [3.63, 3.8) is 0 Å². The van der Waals surface area contributed by atoms with E-state index in [0.29, 0.717) is 36.6 Å². The fraction of sp³-hybridized carbons (Fsp3) is 0.444. The van der Waals surface area contributed by atoms with Gasteiger partial charge in [-0.3, -0.25) is 4.79 Å². The molecule has 2 rings (SSSR count). The zero-order valence-corrected chi connectivity index (χ0v) is 16.2. The highest BCUT2D eigenvalue weighted by molar-refractivity contribution is 8.06. The number of ether oxygens (including phenoxy) is 1. The molecule has 0 radical (unpaired) electrons. The summed E-state index contributed by atoms with van der Waals surface area (Å²) in [4.78, 5) is 19.7. The summed E-state index contributed by atoms with van der Waals surface area (Å²) >= 11 is 1.49. The van der Waals surface area contributed by atoms with E-state index in [0.717, 1.165) is 10.7 Å². The predicted octanol–water partition coefficient (Wildman–Crippen LogP) is 3.26. The van der Waals surface area contributed by atoms with E-state index >= 15 is 0 Å². The van der Waals surface area contributed by atoms with Gasteiger partial charge < -0.3 is 15.4 Å². The van der Waals surface area contributed by atoms with Gasteiger partial charge in [0.05, 0.1) is 17.8 Å². The highest BCUT2D eigenvalue weighted by Gasteiger charge is 2.25. The normalized spacial score (nSPS) is 15.6. The summed E-state index contributed by atoms with van der Waals surface area (Å²) in [6.45, 7) is 6.88. The number of hydrogen-bond acceptors (Lipinski definition) is 8. The van der Waals surface area contributed by atoms with E-state index in [1.54, 1.807) is 12.3 Å². The number of esters is 1. The smallest absolute Gasteiger partial charge is 0.305 e. The van der Waals surface area contributed by atoms with Crippen molar-refractivity contribution in [2.24, 2.45) is 5.41 Å². The summed E-state index contributed by atoms with van der Waals surface area (Å²) in [7, 11) is 1.37. The summed E-state index contributed by atoms with van der Waals surface area (Å²) in [5, 5.41) is 18.8. The van der Waals surface area contributed by atoms with Gasteiger partial charge in [0.25, 0.3) is 0 Å². The minimum Gasteiger partial charge on any atom is -0.469 e. The lowest BCUT2D eigenvalue weighted by atomic mass is 9.93. The summed E-state index contributed by atoms with van der Waals surface area (Å²) in [6.07, 6.45) is 2.56. The molecule has 0 amide bonds. The van der Waals surface area contributed by atoms with Crippen LogP contribution in [0.15, 0.2) is 28.4 Å². The molecule has 26 heavy (non-hydrogen) atoms. The van der Waals surface area contributed by atoms with Crippen molar-refractivity contribution in [3.05, 3.63) is 34.1 Å². The molecule has 7 nitrogen and oxygen atoms in total. The maximum Gasteiger partial charge on any atom is 0.305 e. The monoisotopic (exact) mass is 373 g/mol. The van der Waals surface area contributed by atoms with E-state index in [9.17, 15) is 10.1 Å². The van der Waals surface area contributed by atoms with Crippen molar-refractivity contribution < 1.29 is 9.53 Å². The van der Waals surface area contributed by atoms with Gasteiger partial charge in [0.2, 0.25) is 5.95 Å². The van der Waals surface area contributed by atoms with Gasteiger partial charge in [-0.2, -0.15) is 5.26 Å². The fourth-order valence-electron chi connectivity index (χ4n) is 2.13. The highest BCUT2D eigenvalue weighted by atomic mass is 32.2.